The van der Waals surface area contributed by atoms with Gasteiger partial charge in [0, 0.05) is 16.2 Å². The van der Waals surface area contributed by atoms with E-state index in [1.807, 2.05) is 6.07 Å². The lowest BCUT2D eigenvalue weighted by Crippen LogP contribution is -2.53. The molecule has 0 aromatic heterocycles. The van der Waals surface area contributed by atoms with Gasteiger partial charge in [0.25, 0.3) is 0 Å². The zero-order valence-electron chi connectivity index (χ0n) is 9.63. The van der Waals surface area contributed by atoms with Crippen molar-refractivity contribution in [1.82, 2.24) is 4.90 Å². The average molecular weight is 363 g/mol. The van der Waals surface area contributed by atoms with Gasteiger partial charge in [0.2, 0.25) is 0 Å². The summed E-state index contributed by atoms with van der Waals surface area (Å²) in [5, 5.41) is 4.47. The average Bonchev–Trinajstić information content (AvgIpc) is 2.34. The molecule has 0 saturated carbocycles. The first kappa shape index (κ1) is 12.1. The smallest absolute Gasteiger partial charge is 0.0648 e. The Morgan fingerprint density at radius 1 is 1.29 bits per heavy atom. The lowest BCUT2D eigenvalue weighted by atomic mass is 9.84. The molecule has 2 nitrogen and oxygen atoms in total. The molecule has 3 aliphatic rings. The van der Waals surface area contributed by atoms with Crippen LogP contribution in [-0.2, 0) is 0 Å². The molecular weight excluding hydrogens is 347 g/mol. The van der Waals surface area contributed by atoms with Crippen molar-refractivity contribution in [2.24, 2.45) is 5.92 Å². The summed E-state index contributed by atoms with van der Waals surface area (Å²) in [6, 6.07) is 6.80. The molecule has 1 aromatic carbocycles. The zero-order valence-corrected chi connectivity index (χ0v) is 12.5. The summed E-state index contributed by atoms with van der Waals surface area (Å²) in [4.78, 5) is 2.55. The van der Waals surface area contributed by atoms with Gasteiger partial charge in [0.05, 0.1) is 10.7 Å². The Hall–Kier alpha value is -0.000000000000000132. The van der Waals surface area contributed by atoms with Gasteiger partial charge in [0.1, 0.15) is 0 Å². The number of benzene rings is 1. The molecule has 1 unspecified atom stereocenters. The van der Waals surface area contributed by atoms with Crippen LogP contribution in [0.3, 0.4) is 0 Å². The molecule has 17 heavy (non-hydrogen) atoms. The molecule has 0 radical (unpaired) electrons. The predicted molar refractivity (Wildman–Crippen MR) is 80.7 cm³/mol. The van der Waals surface area contributed by atoms with Crippen molar-refractivity contribution in [3.05, 3.63) is 26.8 Å². The molecular formula is C13H16ClIN2. The van der Waals surface area contributed by atoms with E-state index >= 15 is 0 Å². The summed E-state index contributed by atoms with van der Waals surface area (Å²) < 4.78 is 1.19. The highest BCUT2D eigenvalue weighted by atomic mass is 127. The maximum Gasteiger partial charge on any atom is 0.0648 e. The van der Waals surface area contributed by atoms with Gasteiger partial charge in [-0.2, -0.15) is 0 Å². The summed E-state index contributed by atoms with van der Waals surface area (Å²) in [7, 11) is 0. The number of halogens is 2. The van der Waals surface area contributed by atoms with Crippen LogP contribution in [0, 0.1) is 9.49 Å². The molecule has 3 aliphatic heterocycles. The third kappa shape index (κ3) is 2.56. The van der Waals surface area contributed by atoms with Crippen molar-refractivity contribution >= 4 is 39.9 Å². The lowest BCUT2D eigenvalue weighted by molar-refractivity contribution is 0.0975. The Kier molecular flexibility index (Phi) is 3.50. The van der Waals surface area contributed by atoms with Crippen LogP contribution in [0.2, 0.25) is 5.02 Å². The van der Waals surface area contributed by atoms with Crippen LogP contribution in [0.25, 0.3) is 0 Å². The second kappa shape index (κ2) is 4.94. The van der Waals surface area contributed by atoms with E-state index in [0.717, 1.165) is 16.6 Å². The molecule has 1 N–H and O–H groups in total. The summed E-state index contributed by atoms with van der Waals surface area (Å²) in [6.45, 7) is 3.74. The number of piperidine rings is 3. The standard InChI is InChI=1S/C13H16ClIN2/c14-11-7-10(15)1-2-12(11)16-13-8-17-5-3-9(13)4-6-17/h1-2,7,9,13,16H,3-6,8H2. The molecule has 0 amide bonds. The number of nitrogens with one attached hydrogen (secondary N) is 1. The summed E-state index contributed by atoms with van der Waals surface area (Å²) in [5.74, 6) is 0.829. The molecule has 3 fully saturated rings. The molecule has 1 atom stereocenters. The number of hydrogen-bond acceptors (Lipinski definition) is 2. The molecule has 0 aliphatic carbocycles. The summed E-state index contributed by atoms with van der Waals surface area (Å²) in [5.41, 5.74) is 1.09. The van der Waals surface area contributed by atoms with Crippen molar-refractivity contribution in [3.8, 4) is 0 Å². The molecule has 4 rings (SSSR count). The van der Waals surface area contributed by atoms with Crippen molar-refractivity contribution in [2.75, 3.05) is 25.0 Å². The Bertz CT molecular complexity index is 416. The lowest BCUT2D eigenvalue weighted by Gasteiger charge is -2.45. The van der Waals surface area contributed by atoms with E-state index in [-0.39, 0.29) is 0 Å². The first-order valence-electron chi connectivity index (χ1n) is 6.16. The first-order chi connectivity index (χ1) is 8.22. The SMILES string of the molecule is Clc1cc(I)ccc1NC1CN2CCC1CC2. The topological polar surface area (TPSA) is 15.3 Å². The predicted octanol–water partition coefficient (Wildman–Crippen LogP) is 3.45. The Morgan fingerprint density at radius 2 is 2.06 bits per heavy atom. The summed E-state index contributed by atoms with van der Waals surface area (Å²) in [6.07, 6.45) is 2.67. The number of nitrogens with zero attached hydrogens (tertiary/aromatic N) is 1. The van der Waals surface area contributed by atoms with E-state index in [1.54, 1.807) is 0 Å². The highest BCUT2D eigenvalue weighted by Gasteiger charge is 2.34. The molecule has 0 spiro atoms. The van der Waals surface area contributed by atoms with E-state index < -0.39 is 0 Å². The van der Waals surface area contributed by atoms with Crippen molar-refractivity contribution in [2.45, 2.75) is 18.9 Å². The van der Waals surface area contributed by atoms with Gasteiger partial charge in [0.15, 0.2) is 0 Å². The maximum absolute atomic E-state index is 6.27. The van der Waals surface area contributed by atoms with E-state index in [2.05, 4.69) is 44.9 Å². The third-order valence-corrected chi connectivity index (χ3v) is 4.91. The molecule has 4 heteroatoms. The van der Waals surface area contributed by atoms with Gasteiger partial charge in [-0.25, -0.2) is 0 Å². The molecule has 92 valence electrons. The third-order valence-electron chi connectivity index (χ3n) is 3.93. The highest BCUT2D eigenvalue weighted by Crippen LogP contribution is 2.32. The zero-order chi connectivity index (χ0) is 11.8. The fourth-order valence-corrected chi connectivity index (χ4v) is 3.85. The second-order valence-electron chi connectivity index (χ2n) is 5.01. The van der Waals surface area contributed by atoms with Gasteiger partial charge < -0.3 is 10.2 Å². The number of rotatable bonds is 2. The van der Waals surface area contributed by atoms with Crippen molar-refractivity contribution in [3.63, 3.8) is 0 Å². The van der Waals surface area contributed by atoms with Crippen LogP contribution < -0.4 is 5.32 Å². The Morgan fingerprint density at radius 3 is 2.65 bits per heavy atom. The maximum atomic E-state index is 6.27. The molecule has 3 heterocycles. The fourth-order valence-electron chi connectivity index (χ4n) is 2.93. The highest BCUT2D eigenvalue weighted by molar-refractivity contribution is 14.1. The number of fused-ring (bicyclic) bond motifs is 3. The van der Waals surface area contributed by atoms with E-state index in [9.17, 15) is 0 Å². The quantitative estimate of drug-likeness (QED) is 0.811. The monoisotopic (exact) mass is 362 g/mol. The second-order valence-corrected chi connectivity index (χ2v) is 6.67. The molecule has 1 aromatic rings. The Balaban J connectivity index is 1.74. The van der Waals surface area contributed by atoms with Gasteiger partial charge in [-0.05, 0) is 72.6 Å². The fraction of sp³-hybridized carbons (Fsp3) is 0.538. The van der Waals surface area contributed by atoms with Crippen LogP contribution in [0.4, 0.5) is 5.69 Å². The van der Waals surface area contributed by atoms with Crippen LogP contribution in [0.15, 0.2) is 18.2 Å². The normalized spacial score (nSPS) is 31.5. The largest absolute Gasteiger partial charge is 0.380 e. The Labute approximate surface area is 121 Å². The van der Waals surface area contributed by atoms with E-state index in [1.165, 1.54) is 36.0 Å². The minimum absolute atomic E-state index is 0.579. The number of anilines is 1. The first-order valence-corrected chi connectivity index (χ1v) is 7.62. The van der Waals surface area contributed by atoms with Crippen molar-refractivity contribution in [1.29, 1.82) is 0 Å². The molecule has 2 bridgehead atoms. The van der Waals surface area contributed by atoms with Crippen LogP contribution in [-0.4, -0.2) is 30.6 Å². The van der Waals surface area contributed by atoms with Crippen molar-refractivity contribution < 1.29 is 0 Å². The van der Waals surface area contributed by atoms with Crippen LogP contribution >= 0.6 is 34.2 Å². The van der Waals surface area contributed by atoms with Crippen LogP contribution in [0.1, 0.15) is 12.8 Å². The minimum atomic E-state index is 0.579. The molecule has 3 saturated heterocycles. The van der Waals surface area contributed by atoms with Gasteiger partial charge >= 0.3 is 0 Å². The van der Waals surface area contributed by atoms with E-state index in [4.69, 9.17) is 11.6 Å². The van der Waals surface area contributed by atoms with E-state index in [0.29, 0.717) is 6.04 Å². The summed E-state index contributed by atoms with van der Waals surface area (Å²) >= 11 is 8.56. The number of hydrogen-bond donors (Lipinski definition) is 1. The van der Waals surface area contributed by atoms with Gasteiger partial charge in [-0.1, -0.05) is 11.6 Å². The van der Waals surface area contributed by atoms with Gasteiger partial charge in [-0.3, -0.25) is 0 Å². The minimum Gasteiger partial charge on any atom is -0.380 e. The van der Waals surface area contributed by atoms with Gasteiger partial charge in [-0.15, -0.1) is 0 Å². The van der Waals surface area contributed by atoms with Crippen LogP contribution in [0.5, 0.6) is 0 Å².